The van der Waals surface area contributed by atoms with Crippen molar-refractivity contribution >= 4 is 45.2 Å². The van der Waals surface area contributed by atoms with E-state index >= 15 is 0 Å². The first-order chi connectivity index (χ1) is 23.8. The predicted octanol–water partition coefficient (Wildman–Crippen LogP) is 12.3. The number of nitrogens with zero attached hydrogens (tertiary/aromatic N) is 1. The van der Waals surface area contributed by atoms with Crippen molar-refractivity contribution in [1.29, 1.82) is 0 Å². The summed E-state index contributed by atoms with van der Waals surface area (Å²) in [5, 5.41) is 2.98. The molecule has 1 aromatic heterocycles. The van der Waals surface area contributed by atoms with Crippen molar-refractivity contribution < 1.29 is 0 Å². The van der Waals surface area contributed by atoms with E-state index < -0.39 is 0 Å². The Morgan fingerprint density at radius 1 is 0.688 bits per heavy atom. The fourth-order valence-corrected chi connectivity index (χ4v) is 9.04. The molecule has 2 heterocycles. The molecule has 9 rings (SSSR count). The second kappa shape index (κ2) is 12.0. The average molecular weight is 634 g/mol. The molecule has 2 aliphatic rings. The molecule has 0 bridgehead atoms. The van der Waals surface area contributed by atoms with Crippen molar-refractivity contribution in [3.8, 4) is 16.8 Å². The lowest BCUT2D eigenvalue weighted by molar-refractivity contribution is 1.000. The first-order valence-electron chi connectivity index (χ1n) is 16.9. The molecular weight excluding hydrogens is 599 g/mol. The molecule has 230 valence electrons. The first-order valence-corrected chi connectivity index (χ1v) is 17.7. The third kappa shape index (κ3) is 4.87. The zero-order valence-electron chi connectivity index (χ0n) is 26.9. The van der Waals surface area contributed by atoms with E-state index in [1.807, 2.05) is 11.8 Å². The Kier molecular flexibility index (Phi) is 7.25. The van der Waals surface area contributed by atoms with Crippen LogP contribution in [0.4, 0.5) is 0 Å². The van der Waals surface area contributed by atoms with E-state index in [-0.39, 0.29) is 5.92 Å². The molecule has 0 radical (unpaired) electrons. The summed E-state index contributed by atoms with van der Waals surface area (Å²) in [7, 11) is 0. The van der Waals surface area contributed by atoms with Crippen LogP contribution in [0.5, 0.6) is 0 Å². The zero-order valence-corrected chi connectivity index (χ0v) is 27.7. The van der Waals surface area contributed by atoms with Gasteiger partial charge in [0.25, 0.3) is 0 Å². The standard InChI is InChI=1S/C46H35NS/c1-2-13-32(28-35-29-34-15-4-12-23-46(34)48-35)33-25-27-45-42(30-33)41-20-9-11-22-44(41)47(45)43-21-10-8-19-40(43)39-26-24-31-14-3-5-16-36(31)37-17-6-7-18-38(37)39/h2-28,30,35,39H,29H2,1H3/b13-2-,32-28-. The van der Waals surface area contributed by atoms with Crippen LogP contribution in [0, 0.1) is 0 Å². The molecule has 0 saturated carbocycles. The summed E-state index contributed by atoms with van der Waals surface area (Å²) in [4.78, 5) is 1.41. The van der Waals surface area contributed by atoms with Crippen molar-refractivity contribution in [1.82, 2.24) is 4.57 Å². The van der Waals surface area contributed by atoms with Gasteiger partial charge in [-0.05, 0) is 88.2 Å². The predicted molar refractivity (Wildman–Crippen MR) is 206 cm³/mol. The maximum atomic E-state index is 2.49. The number of aromatic nitrogens is 1. The van der Waals surface area contributed by atoms with Gasteiger partial charge in [0.15, 0.2) is 0 Å². The molecule has 48 heavy (non-hydrogen) atoms. The lowest BCUT2D eigenvalue weighted by Gasteiger charge is -2.21. The molecule has 7 aromatic rings. The van der Waals surface area contributed by atoms with Crippen LogP contribution in [0.25, 0.3) is 50.3 Å². The molecular formula is C46H35NS. The lowest BCUT2D eigenvalue weighted by atomic mass is 9.86. The minimum Gasteiger partial charge on any atom is -0.309 e. The van der Waals surface area contributed by atoms with Crippen LogP contribution in [0.1, 0.15) is 40.7 Å². The van der Waals surface area contributed by atoms with Crippen LogP contribution in [-0.2, 0) is 6.42 Å². The Hall–Kier alpha value is -5.31. The molecule has 0 spiro atoms. The van der Waals surface area contributed by atoms with Crippen molar-refractivity contribution in [2.75, 3.05) is 0 Å². The molecule has 1 aliphatic heterocycles. The highest BCUT2D eigenvalue weighted by Crippen LogP contribution is 2.44. The highest BCUT2D eigenvalue weighted by atomic mass is 32.2. The Morgan fingerprint density at radius 3 is 2.31 bits per heavy atom. The molecule has 1 aliphatic carbocycles. The minimum atomic E-state index is 0.109. The summed E-state index contributed by atoms with van der Waals surface area (Å²) in [5.41, 5.74) is 14.2. The monoisotopic (exact) mass is 633 g/mol. The topological polar surface area (TPSA) is 4.93 Å². The molecule has 2 unspecified atom stereocenters. The van der Waals surface area contributed by atoms with Gasteiger partial charge in [-0.15, -0.1) is 11.8 Å². The molecule has 1 nitrogen and oxygen atoms in total. The first kappa shape index (κ1) is 28.9. The van der Waals surface area contributed by atoms with Gasteiger partial charge in [0, 0.05) is 26.8 Å². The highest BCUT2D eigenvalue weighted by molar-refractivity contribution is 8.00. The fourth-order valence-electron chi connectivity index (χ4n) is 7.77. The fraction of sp³-hybridized carbons (Fsp3) is 0.0870. The quantitative estimate of drug-likeness (QED) is 0.171. The number of fused-ring (bicyclic) bond motifs is 7. The second-order valence-electron chi connectivity index (χ2n) is 12.7. The van der Waals surface area contributed by atoms with E-state index in [2.05, 4.69) is 181 Å². The van der Waals surface area contributed by atoms with E-state index in [1.54, 1.807) is 0 Å². The van der Waals surface area contributed by atoms with Gasteiger partial charge in [0.05, 0.1) is 16.7 Å². The van der Waals surface area contributed by atoms with E-state index in [9.17, 15) is 0 Å². The van der Waals surface area contributed by atoms with Crippen molar-refractivity contribution in [2.24, 2.45) is 0 Å². The van der Waals surface area contributed by atoms with Crippen LogP contribution < -0.4 is 0 Å². The smallest absolute Gasteiger partial charge is 0.0541 e. The largest absolute Gasteiger partial charge is 0.309 e. The van der Waals surface area contributed by atoms with E-state index in [0.29, 0.717) is 5.25 Å². The van der Waals surface area contributed by atoms with Gasteiger partial charge >= 0.3 is 0 Å². The molecule has 2 heteroatoms. The minimum absolute atomic E-state index is 0.109. The maximum absolute atomic E-state index is 2.49. The van der Waals surface area contributed by atoms with Gasteiger partial charge < -0.3 is 4.57 Å². The van der Waals surface area contributed by atoms with Gasteiger partial charge in [-0.1, -0.05) is 140 Å². The number of hydrogen-bond donors (Lipinski definition) is 0. The second-order valence-corrected chi connectivity index (χ2v) is 14.0. The van der Waals surface area contributed by atoms with Crippen LogP contribution in [-0.4, -0.2) is 9.82 Å². The zero-order chi connectivity index (χ0) is 32.0. The van der Waals surface area contributed by atoms with E-state index in [0.717, 1.165) is 6.42 Å². The van der Waals surface area contributed by atoms with Crippen LogP contribution >= 0.6 is 11.8 Å². The normalized spacial score (nSPS) is 17.1. The Bertz CT molecular complexity index is 2410. The van der Waals surface area contributed by atoms with Crippen LogP contribution in [0.3, 0.4) is 0 Å². The number of para-hydroxylation sites is 2. The van der Waals surface area contributed by atoms with E-state index in [1.165, 1.54) is 76.9 Å². The van der Waals surface area contributed by atoms with Crippen molar-refractivity contribution in [2.45, 2.75) is 29.4 Å². The maximum Gasteiger partial charge on any atom is 0.0541 e. The molecule has 0 fully saturated rings. The molecule has 2 atom stereocenters. The number of rotatable bonds is 5. The number of hydrogen-bond acceptors (Lipinski definition) is 1. The number of allylic oxidation sites excluding steroid dienone is 4. The summed E-state index contributed by atoms with van der Waals surface area (Å²) in [6.07, 6.45) is 12.7. The van der Waals surface area contributed by atoms with Crippen molar-refractivity contribution in [3.63, 3.8) is 0 Å². The molecule has 0 saturated heterocycles. The third-order valence-electron chi connectivity index (χ3n) is 9.92. The summed E-state index contributed by atoms with van der Waals surface area (Å²) in [6.45, 7) is 2.12. The average Bonchev–Trinajstić information content (AvgIpc) is 3.65. The van der Waals surface area contributed by atoms with Gasteiger partial charge in [0.1, 0.15) is 0 Å². The summed E-state index contributed by atoms with van der Waals surface area (Å²) in [5.74, 6) is 0.109. The Balaban J connectivity index is 1.20. The molecule has 6 aromatic carbocycles. The van der Waals surface area contributed by atoms with Crippen LogP contribution in [0.15, 0.2) is 169 Å². The summed E-state index contributed by atoms with van der Waals surface area (Å²) < 4.78 is 2.49. The van der Waals surface area contributed by atoms with E-state index in [4.69, 9.17) is 0 Å². The SMILES string of the molecule is C/C=C\C(=C\C1Cc2ccccc2S1)c1ccc2c(c1)c1ccccc1n2-c1ccccc1C1C=Cc2ccccc2-c2ccccc21. The molecule has 0 N–H and O–H groups in total. The third-order valence-corrected chi connectivity index (χ3v) is 11.2. The summed E-state index contributed by atoms with van der Waals surface area (Å²) >= 11 is 1.98. The van der Waals surface area contributed by atoms with Gasteiger partial charge in [-0.3, -0.25) is 0 Å². The van der Waals surface area contributed by atoms with Gasteiger partial charge in [0.2, 0.25) is 0 Å². The number of thioether (sulfide) groups is 1. The summed E-state index contributed by atoms with van der Waals surface area (Å²) in [6, 6.07) is 51.4. The number of benzene rings is 6. The highest BCUT2D eigenvalue weighted by Gasteiger charge is 2.25. The van der Waals surface area contributed by atoms with Crippen molar-refractivity contribution in [3.05, 3.63) is 192 Å². The molecule has 0 amide bonds. The lowest BCUT2D eigenvalue weighted by Crippen LogP contribution is -2.06. The Labute approximate surface area is 286 Å². The van der Waals surface area contributed by atoms with Gasteiger partial charge in [-0.2, -0.15) is 0 Å². The van der Waals surface area contributed by atoms with Gasteiger partial charge in [-0.25, -0.2) is 0 Å². The van der Waals surface area contributed by atoms with Crippen LogP contribution in [0.2, 0.25) is 0 Å². The Morgan fingerprint density at radius 2 is 1.42 bits per heavy atom.